The fraction of sp³-hybridized carbons (Fsp3) is 0.615. The van der Waals surface area contributed by atoms with E-state index < -0.39 is 17.6 Å². The van der Waals surface area contributed by atoms with Crippen molar-refractivity contribution in [2.45, 2.75) is 31.3 Å². The standard InChI is InChI=1S/C13H20N4O3/c1-10(11(18)20-2)16-12(19)13(4-7-14-8-5-13)17-9-3-6-15-17/h3,6,9-10,14H,4-5,7-8H2,1-2H3,(H,16,19)/t10-/m1/s1. The maximum absolute atomic E-state index is 12.6. The highest BCUT2D eigenvalue weighted by molar-refractivity contribution is 5.89. The van der Waals surface area contributed by atoms with Gasteiger partial charge >= 0.3 is 5.97 Å². The van der Waals surface area contributed by atoms with E-state index in [-0.39, 0.29) is 5.91 Å². The zero-order valence-electron chi connectivity index (χ0n) is 11.8. The largest absolute Gasteiger partial charge is 0.467 e. The van der Waals surface area contributed by atoms with Crippen LogP contribution in [0.4, 0.5) is 0 Å². The third-order valence-electron chi connectivity index (χ3n) is 3.70. The average molecular weight is 280 g/mol. The first-order valence-electron chi connectivity index (χ1n) is 6.70. The minimum atomic E-state index is -0.739. The van der Waals surface area contributed by atoms with Gasteiger partial charge in [-0.1, -0.05) is 0 Å². The van der Waals surface area contributed by atoms with E-state index in [4.69, 9.17) is 0 Å². The molecule has 1 fully saturated rings. The Morgan fingerprint density at radius 2 is 2.15 bits per heavy atom. The highest BCUT2D eigenvalue weighted by Crippen LogP contribution is 2.27. The number of carbonyl (C=O) groups is 2. The molecule has 1 aliphatic heterocycles. The van der Waals surface area contributed by atoms with Crippen LogP contribution in [-0.4, -0.2) is 47.9 Å². The lowest BCUT2D eigenvalue weighted by Crippen LogP contribution is -2.57. The number of aromatic nitrogens is 2. The molecule has 1 aromatic heterocycles. The number of piperidine rings is 1. The maximum Gasteiger partial charge on any atom is 0.328 e. The predicted molar refractivity (Wildman–Crippen MR) is 71.9 cm³/mol. The lowest BCUT2D eigenvalue weighted by molar-refractivity contribution is -0.146. The summed E-state index contributed by atoms with van der Waals surface area (Å²) in [6.07, 6.45) is 4.71. The van der Waals surface area contributed by atoms with Crippen molar-refractivity contribution in [3.63, 3.8) is 0 Å². The lowest BCUT2D eigenvalue weighted by Gasteiger charge is -2.37. The van der Waals surface area contributed by atoms with Crippen LogP contribution in [0.5, 0.6) is 0 Å². The quantitative estimate of drug-likeness (QED) is 0.736. The third kappa shape index (κ3) is 2.67. The highest BCUT2D eigenvalue weighted by Gasteiger charge is 2.42. The third-order valence-corrected chi connectivity index (χ3v) is 3.70. The molecule has 1 saturated heterocycles. The lowest BCUT2D eigenvalue weighted by atomic mass is 9.87. The van der Waals surface area contributed by atoms with Gasteiger partial charge in [0.1, 0.15) is 11.6 Å². The van der Waals surface area contributed by atoms with Crippen LogP contribution in [0.25, 0.3) is 0 Å². The molecule has 1 aromatic rings. The van der Waals surface area contributed by atoms with Crippen molar-refractivity contribution in [2.24, 2.45) is 0 Å². The van der Waals surface area contributed by atoms with E-state index in [0.29, 0.717) is 12.8 Å². The van der Waals surface area contributed by atoms with E-state index in [1.165, 1.54) is 7.11 Å². The van der Waals surface area contributed by atoms with Crippen molar-refractivity contribution in [3.05, 3.63) is 18.5 Å². The van der Waals surface area contributed by atoms with Gasteiger partial charge in [-0.05, 0) is 38.9 Å². The van der Waals surface area contributed by atoms with Gasteiger partial charge in [0.05, 0.1) is 7.11 Å². The summed E-state index contributed by atoms with van der Waals surface area (Å²) in [5.41, 5.74) is -0.739. The summed E-state index contributed by atoms with van der Waals surface area (Å²) >= 11 is 0. The molecule has 0 unspecified atom stereocenters. The number of amides is 1. The van der Waals surface area contributed by atoms with Gasteiger partial charge in [0.25, 0.3) is 0 Å². The monoisotopic (exact) mass is 280 g/mol. The Bertz CT molecular complexity index is 466. The van der Waals surface area contributed by atoms with Crippen molar-refractivity contribution in [2.75, 3.05) is 20.2 Å². The van der Waals surface area contributed by atoms with E-state index in [2.05, 4.69) is 20.5 Å². The van der Waals surface area contributed by atoms with Crippen molar-refractivity contribution < 1.29 is 14.3 Å². The molecule has 0 aromatic carbocycles. The Morgan fingerprint density at radius 3 is 2.70 bits per heavy atom. The zero-order valence-corrected chi connectivity index (χ0v) is 11.8. The molecule has 1 amide bonds. The maximum atomic E-state index is 12.6. The summed E-state index contributed by atoms with van der Waals surface area (Å²) in [4.78, 5) is 24.1. The molecule has 2 heterocycles. The molecule has 0 radical (unpaired) electrons. The van der Waals surface area contributed by atoms with Gasteiger partial charge in [-0.25, -0.2) is 4.79 Å². The van der Waals surface area contributed by atoms with E-state index in [1.54, 1.807) is 30.1 Å². The fourth-order valence-electron chi connectivity index (χ4n) is 2.49. The summed E-state index contributed by atoms with van der Waals surface area (Å²) in [6.45, 7) is 3.08. The second kappa shape index (κ2) is 6.04. The number of rotatable bonds is 4. The Balaban J connectivity index is 2.19. The number of nitrogens with one attached hydrogen (secondary N) is 2. The summed E-state index contributed by atoms with van der Waals surface area (Å²) in [5, 5.41) is 10.2. The van der Waals surface area contributed by atoms with Gasteiger partial charge in [0.2, 0.25) is 5.91 Å². The Hall–Kier alpha value is -1.89. The molecule has 7 heteroatoms. The van der Waals surface area contributed by atoms with Crippen LogP contribution in [0, 0.1) is 0 Å². The van der Waals surface area contributed by atoms with Gasteiger partial charge in [0.15, 0.2) is 0 Å². The predicted octanol–water partition coefficient (Wildman–Crippen LogP) is -0.360. The van der Waals surface area contributed by atoms with Crippen molar-refractivity contribution in [1.29, 1.82) is 0 Å². The summed E-state index contributed by atoms with van der Waals surface area (Å²) in [5.74, 6) is -0.650. The molecule has 0 bridgehead atoms. The number of nitrogens with zero attached hydrogens (tertiary/aromatic N) is 2. The summed E-state index contributed by atoms with van der Waals surface area (Å²) in [6, 6.07) is 1.12. The Labute approximate surface area is 117 Å². The Kier molecular flexibility index (Phi) is 4.39. The van der Waals surface area contributed by atoms with Crippen molar-refractivity contribution >= 4 is 11.9 Å². The van der Waals surface area contributed by atoms with Crippen LogP contribution < -0.4 is 10.6 Å². The van der Waals surface area contributed by atoms with Gasteiger partial charge < -0.3 is 15.4 Å². The van der Waals surface area contributed by atoms with E-state index in [1.807, 2.05) is 0 Å². The SMILES string of the molecule is COC(=O)[C@@H](C)NC(=O)C1(n2cccn2)CCNCC1. The van der Waals surface area contributed by atoms with Crippen LogP contribution in [-0.2, 0) is 19.9 Å². The molecular weight excluding hydrogens is 260 g/mol. The number of ether oxygens (including phenoxy) is 1. The molecule has 7 nitrogen and oxygen atoms in total. The second-order valence-electron chi connectivity index (χ2n) is 4.95. The Morgan fingerprint density at radius 1 is 1.45 bits per heavy atom. The fourth-order valence-corrected chi connectivity index (χ4v) is 2.49. The first-order chi connectivity index (χ1) is 9.60. The molecular formula is C13H20N4O3. The van der Waals surface area contributed by atoms with Crippen molar-refractivity contribution in [1.82, 2.24) is 20.4 Å². The van der Waals surface area contributed by atoms with E-state index in [0.717, 1.165) is 13.1 Å². The van der Waals surface area contributed by atoms with Crippen molar-refractivity contribution in [3.8, 4) is 0 Å². The van der Waals surface area contributed by atoms with Crippen LogP contribution in [0.1, 0.15) is 19.8 Å². The first-order valence-corrected chi connectivity index (χ1v) is 6.70. The van der Waals surface area contributed by atoms with Gasteiger partial charge in [0, 0.05) is 12.4 Å². The van der Waals surface area contributed by atoms with E-state index >= 15 is 0 Å². The molecule has 2 N–H and O–H groups in total. The molecule has 110 valence electrons. The van der Waals surface area contributed by atoms with E-state index in [9.17, 15) is 9.59 Å². The molecule has 0 saturated carbocycles. The molecule has 0 aliphatic carbocycles. The van der Waals surface area contributed by atoms with Gasteiger partial charge in [-0.3, -0.25) is 9.48 Å². The summed E-state index contributed by atoms with van der Waals surface area (Å²) < 4.78 is 6.32. The van der Waals surface area contributed by atoms with Crippen LogP contribution in [0.3, 0.4) is 0 Å². The van der Waals surface area contributed by atoms with Crippen LogP contribution in [0.2, 0.25) is 0 Å². The molecule has 1 atom stereocenters. The topological polar surface area (TPSA) is 85.2 Å². The number of carbonyl (C=O) groups excluding carboxylic acids is 2. The van der Waals surface area contributed by atoms with Gasteiger partial charge in [-0.15, -0.1) is 0 Å². The highest BCUT2D eigenvalue weighted by atomic mass is 16.5. The number of esters is 1. The van der Waals surface area contributed by atoms with Crippen LogP contribution in [0.15, 0.2) is 18.5 Å². The summed E-state index contributed by atoms with van der Waals surface area (Å²) in [7, 11) is 1.30. The zero-order chi connectivity index (χ0) is 14.6. The molecule has 2 rings (SSSR count). The van der Waals surface area contributed by atoms with Gasteiger partial charge in [-0.2, -0.15) is 5.10 Å². The normalized spacial score (nSPS) is 19.1. The molecule has 1 aliphatic rings. The second-order valence-corrected chi connectivity index (χ2v) is 4.95. The minimum absolute atomic E-state index is 0.194. The first kappa shape index (κ1) is 14.5. The number of hydrogen-bond donors (Lipinski definition) is 2. The average Bonchev–Trinajstić information content (AvgIpc) is 3.01. The minimum Gasteiger partial charge on any atom is -0.467 e. The number of hydrogen-bond acceptors (Lipinski definition) is 5. The van der Waals surface area contributed by atoms with Crippen LogP contribution >= 0.6 is 0 Å². The number of methoxy groups -OCH3 is 1. The smallest absolute Gasteiger partial charge is 0.328 e. The molecule has 20 heavy (non-hydrogen) atoms. The molecule has 0 spiro atoms.